The van der Waals surface area contributed by atoms with Crippen molar-refractivity contribution in [3.05, 3.63) is 58.8 Å². The van der Waals surface area contributed by atoms with Crippen molar-refractivity contribution >= 4 is 50.3 Å². The van der Waals surface area contributed by atoms with Crippen LogP contribution < -0.4 is 10.6 Å². The van der Waals surface area contributed by atoms with Gasteiger partial charge in [0.15, 0.2) is 5.76 Å². The molecule has 0 spiro atoms. The van der Waals surface area contributed by atoms with Gasteiger partial charge in [0, 0.05) is 28.3 Å². The molecule has 0 atom stereocenters. The molecule has 0 radical (unpaired) electrons. The first-order valence-corrected chi connectivity index (χ1v) is 8.87. The van der Waals surface area contributed by atoms with Gasteiger partial charge in [-0.3, -0.25) is 10.1 Å². The molecule has 1 heterocycles. The number of furan rings is 1. The van der Waals surface area contributed by atoms with Gasteiger partial charge in [-0.25, -0.2) is 4.79 Å². The van der Waals surface area contributed by atoms with Crippen LogP contribution in [0.15, 0.2) is 57.4 Å². The van der Waals surface area contributed by atoms with E-state index in [0.29, 0.717) is 23.6 Å². The van der Waals surface area contributed by atoms with Crippen LogP contribution in [-0.4, -0.2) is 32.3 Å². The Morgan fingerprint density at radius 1 is 1.04 bits per heavy atom. The van der Waals surface area contributed by atoms with Crippen molar-refractivity contribution in [1.29, 1.82) is 0 Å². The van der Waals surface area contributed by atoms with Crippen LogP contribution in [0.25, 0.3) is 11.0 Å². The van der Waals surface area contributed by atoms with Crippen LogP contribution in [0.5, 0.6) is 0 Å². The van der Waals surface area contributed by atoms with E-state index in [-0.39, 0.29) is 18.3 Å². The first-order chi connectivity index (χ1) is 13.0. The molecule has 27 heavy (non-hydrogen) atoms. The highest BCUT2D eigenvalue weighted by molar-refractivity contribution is 9.10. The number of amides is 2. The fourth-order valence-electron chi connectivity index (χ4n) is 2.37. The molecule has 0 aliphatic rings. The molecule has 0 saturated carbocycles. The summed E-state index contributed by atoms with van der Waals surface area (Å²) in [7, 11) is 1.52. The van der Waals surface area contributed by atoms with E-state index in [1.165, 1.54) is 7.11 Å². The van der Waals surface area contributed by atoms with Gasteiger partial charge in [-0.1, -0.05) is 22.0 Å². The number of nitrogens with one attached hydrogen (secondary N) is 2. The highest BCUT2D eigenvalue weighted by Crippen LogP contribution is 2.24. The Bertz CT molecular complexity index is 970. The summed E-state index contributed by atoms with van der Waals surface area (Å²) in [6.45, 7) is 0.471. The van der Waals surface area contributed by atoms with E-state index in [4.69, 9.17) is 13.9 Å². The third-order valence-corrected chi connectivity index (χ3v) is 4.08. The predicted molar refractivity (Wildman–Crippen MR) is 105 cm³/mol. The molecule has 0 unspecified atom stereocenters. The molecule has 2 aromatic carbocycles. The van der Waals surface area contributed by atoms with Crippen LogP contribution in [-0.2, 0) is 9.47 Å². The Morgan fingerprint density at radius 3 is 2.59 bits per heavy atom. The molecule has 3 aromatic rings. The predicted octanol–water partition coefficient (Wildman–Crippen LogP) is 4.64. The summed E-state index contributed by atoms with van der Waals surface area (Å²) in [5.41, 5.74) is 1.62. The number of rotatable bonds is 6. The minimum absolute atomic E-state index is 0.154. The molecule has 0 saturated heterocycles. The average Bonchev–Trinajstić information content (AvgIpc) is 3.05. The van der Waals surface area contributed by atoms with Crippen molar-refractivity contribution in [2.24, 2.45) is 0 Å². The number of methoxy groups -OCH3 is 1. The van der Waals surface area contributed by atoms with Crippen molar-refractivity contribution in [2.45, 2.75) is 0 Å². The highest BCUT2D eigenvalue weighted by Gasteiger charge is 2.13. The number of carbonyl (C=O) groups excluding carboxylic acids is 2. The first kappa shape index (κ1) is 18.9. The fraction of sp³-hybridized carbons (Fsp3) is 0.158. The number of carbonyl (C=O) groups is 2. The molecule has 2 amide bonds. The van der Waals surface area contributed by atoms with E-state index in [1.54, 1.807) is 36.4 Å². The molecule has 0 aliphatic carbocycles. The van der Waals surface area contributed by atoms with Crippen molar-refractivity contribution < 1.29 is 23.5 Å². The monoisotopic (exact) mass is 432 g/mol. The van der Waals surface area contributed by atoms with E-state index in [1.807, 2.05) is 12.1 Å². The summed E-state index contributed by atoms with van der Waals surface area (Å²) in [5, 5.41) is 6.15. The standard InChI is InChI=1S/C19H17BrN2O5/c1-25-7-8-26-19(24)22-15-4-2-3-14(11-15)21-18(23)17-10-12-9-13(20)5-6-16(12)27-17/h2-6,9-11H,7-8H2,1H3,(H,21,23)(H,22,24). The quantitative estimate of drug-likeness (QED) is 0.553. The molecule has 2 N–H and O–H groups in total. The SMILES string of the molecule is COCCOC(=O)Nc1cccc(NC(=O)c2cc3cc(Br)ccc3o2)c1. The van der Waals surface area contributed by atoms with Crippen LogP contribution >= 0.6 is 15.9 Å². The average molecular weight is 433 g/mol. The van der Waals surface area contributed by atoms with Crippen LogP contribution in [0.3, 0.4) is 0 Å². The molecule has 0 bridgehead atoms. The lowest BCUT2D eigenvalue weighted by molar-refractivity contribution is 0.0998. The second-order valence-electron chi connectivity index (χ2n) is 5.58. The lowest BCUT2D eigenvalue weighted by atomic mass is 10.2. The Morgan fingerprint density at radius 2 is 1.81 bits per heavy atom. The van der Waals surface area contributed by atoms with Gasteiger partial charge in [0.1, 0.15) is 12.2 Å². The molecule has 0 aliphatic heterocycles. The first-order valence-electron chi connectivity index (χ1n) is 8.08. The molecule has 1 aromatic heterocycles. The number of anilines is 2. The van der Waals surface area contributed by atoms with Crippen molar-refractivity contribution in [3.8, 4) is 0 Å². The van der Waals surface area contributed by atoms with E-state index in [0.717, 1.165) is 9.86 Å². The molecule has 140 valence electrons. The van der Waals surface area contributed by atoms with Gasteiger partial charge in [-0.05, 0) is 42.5 Å². The lowest BCUT2D eigenvalue weighted by Crippen LogP contribution is -2.16. The van der Waals surface area contributed by atoms with Crippen LogP contribution in [0.2, 0.25) is 0 Å². The van der Waals surface area contributed by atoms with Gasteiger partial charge in [-0.2, -0.15) is 0 Å². The number of ether oxygens (including phenoxy) is 2. The van der Waals surface area contributed by atoms with Crippen LogP contribution in [0.1, 0.15) is 10.6 Å². The molecule has 7 nitrogen and oxygen atoms in total. The van der Waals surface area contributed by atoms with Crippen LogP contribution in [0, 0.1) is 0 Å². The summed E-state index contributed by atoms with van der Waals surface area (Å²) in [6.07, 6.45) is -0.599. The smallest absolute Gasteiger partial charge is 0.411 e. The summed E-state index contributed by atoms with van der Waals surface area (Å²) in [4.78, 5) is 24.1. The van der Waals surface area contributed by atoms with E-state index < -0.39 is 6.09 Å². The zero-order valence-corrected chi connectivity index (χ0v) is 16.0. The second-order valence-corrected chi connectivity index (χ2v) is 6.50. The van der Waals surface area contributed by atoms with E-state index in [9.17, 15) is 9.59 Å². The third kappa shape index (κ3) is 5.08. The van der Waals surface area contributed by atoms with Crippen molar-refractivity contribution in [2.75, 3.05) is 31.0 Å². The van der Waals surface area contributed by atoms with Gasteiger partial charge in [0.25, 0.3) is 5.91 Å². The number of halogens is 1. The van der Waals surface area contributed by atoms with E-state index in [2.05, 4.69) is 26.6 Å². The summed E-state index contributed by atoms with van der Waals surface area (Å²) < 4.78 is 16.2. The molecule has 0 fully saturated rings. The van der Waals surface area contributed by atoms with Gasteiger partial charge in [0.2, 0.25) is 0 Å². The van der Waals surface area contributed by atoms with Crippen molar-refractivity contribution in [3.63, 3.8) is 0 Å². The molecule has 3 rings (SSSR count). The number of benzene rings is 2. The fourth-order valence-corrected chi connectivity index (χ4v) is 2.74. The molecular formula is C19H17BrN2O5. The van der Waals surface area contributed by atoms with Gasteiger partial charge < -0.3 is 19.2 Å². The topological polar surface area (TPSA) is 89.8 Å². The Labute approximate surface area is 163 Å². The summed E-state index contributed by atoms with van der Waals surface area (Å²) in [5.74, 6) is -0.192. The Balaban J connectivity index is 1.66. The number of fused-ring (bicyclic) bond motifs is 1. The summed E-state index contributed by atoms with van der Waals surface area (Å²) >= 11 is 3.39. The number of hydrogen-bond donors (Lipinski definition) is 2. The highest BCUT2D eigenvalue weighted by atomic mass is 79.9. The maximum Gasteiger partial charge on any atom is 0.411 e. The number of hydrogen-bond acceptors (Lipinski definition) is 5. The van der Waals surface area contributed by atoms with Crippen molar-refractivity contribution in [1.82, 2.24) is 0 Å². The zero-order valence-electron chi connectivity index (χ0n) is 14.5. The molecule has 8 heteroatoms. The third-order valence-electron chi connectivity index (χ3n) is 3.59. The maximum atomic E-state index is 12.4. The van der Waals surface area contributed by atoms with Crippen LogP contribution in [0.4, 0.5) is 16.2 Å². The second kappa shape index (κ2) is 8.70. The normalized spacial score (nSPS) is 10.6. The largest absolute Gasteiger partial charge is 0.451 e. The summed E-state index contributed by atoms with van der Waals surface area (Å²) in [6, 6.07) is 13.9. The zero-order chi connectivity index (χ0) is 19.2. The molecular weight excluding hydrogens is 416 g/mol. The Hall–Kier alpha value is -2.84. The minimum atomic E-state index is -0.599. The van der Waals surface area contributed by atoms with Gasteiger partial charge in [-0.15, -0.1) is 0 Å². The maximum absolute atomic E-state index is 12.4. The van der Waals surface area contributed by atoms with Gasteiger partial charge >= 0.3 is 6.09 Å². The minimum Gasteiger partial charge on any atom is -0.451 e. The lowest BCUT2D eigenvalue weighted by Gasteiger charge is -2.08. The van der Waals surface area contributed by atoms with Gasteiger partial charge in [0.05, 0.1) is 6.61 Å². The Kier molecular flexibility index (Phi) is 6.10. The van der Waals surface area contributed by atoms with E-state index >= 15 is 0 Å².